The summed E-state index contributed by atoms with van der Waals surface area (Å²) in [7, 11) is 1.67. The van der Waals surface area contributed by atoms with E-state index in [0.29, 0.717) is 0 Å². The van der Waals surface area contributed by atoms with E-state index in [1.165, 1.54) is 0 Å². The quantitative estimate of drug-likeness (QED) is 0.571. The molecule has 0 aromatic heterocycles. The maximum absolute atomic E-state index is 5.10. The summed E-state index contributed by atoms with van der Waals surface area (Å²) >= 11 is 0. The van der Waals surface area contributed by atoms with Crippen LogP contribution in [0.15, 0.2) is 18.2 Å². The second-order valence-corrected chi connectivity index (χ2v) is 2.57. The third-order valence-electron chi connectivity index (χ3n) is 1.83. The summed E-state index contributed by atoms with van der Waals surface area (Å²) in [6, 6.07) is 5.94. The van der Waals surface area contributed by atoms with Gasteiger partial charge in [0.25, 0.3) is 0 Å². The summed E-state index contributed by atoms with van der Waals surface area (Å²) in [5.41, 5.74) is 5.81. The summed E-state index contributed by atoms with van der Waals surface area (Å²) < 4.78 is 5.10. The highest BCUT2D eigenvalue weighted by molar-refractivity contribution is 5.37. The van der Waals surface area contributed by atoms with Gasteiger partial charge in [0.2, 0.25) is 0 Å². The molecule has 3 nitrogen and oxygen atoms in total. The molecule has 0 amide bonds. The number of methoxy groups -OCH3 is 1. The van der Waals surface area contributed by atoms with Crippen molar-refractivity contribution in [1.29, 1.82) is 0 Å². The van der Waals surface area contributed by atoms with E-state index in [9.17, 15) is 0 Å². The fraction of sp³-hybridized carbons (Fsp3) is 0.111. The number of hydrogen-bond acceptors (Lipinski definition) is 3. The minimum atomic E-state index is 0.877. The van der Waals surface area contributed by atoms with E-state index < -0.39 is 0 Å². The SMILES string of the molecule is COc1ccc2c(c1)=CNNC=2. The predicted octanol–water partition coefficient (Wildman–Crippen LogP) is -0.721. The van der Waals surface area contributed by atoms with Crippen LogP contribution < -0.4 is 26.0 Å². The van der Waals surface area contributed by atoms with Crippen LogP contribution in [0.5, 0.6) is 5.75 Å². The first kappa shape index (κ1) is 7.03. The molecule has 0 saturated heterocycles. The van der Waals surface area contributed by atoms with Crippen LogP contribution in [0.3, 0.4) is 0 Å². The second-order valence-electron chi connectivity index (χ2n) is 2.57. The summed E-state index contributed by atoms with van der Waals surface area (Å²) in [5, 5.41) is 2.29. The summed E-state index contributed by atoms with van der Waals surface area (Å²) in [6.45, 7) is 0. The number of nitrogens with one attached hydrogen (secondary N) is 2. The Balaban J connectivity index is 2.65. The maximum atomic E-state index is 5.10. The lowest BCUT2D eigenvalue weighted by Crippen LogP contribution is -2.38. The van der Waals surface area contributed by atoms with Crippen LogP contribution in [0.1, 0.15) is 0 Å². The van der Waals surface area contributed by atoms with Gasteiger partial charge >= 0.3 is 0 Å². The standard InChI is InChI=1S/C9H10N2O/c1-12-9-3-2-7-5-10-11-6-8(7)4-9/h2-6,10-11H,1H3. The van der Waals surface area contributed by atoms with Crippen LogP contribution in [0.2, 0.25) is 0 Å². The van der Waals surface area contributed by atoms with Gasteiger partial charge in [-0.05, 0) is 18.2 Å². The number of rotatable bonds is 1. The lowest BCUT2D eigenvalue weighted by Gasteiger charge is -2.06. The Morgan fingerprint density at radius 3 is 2.58 bits per heavy atom. The van der Waals surface area contributed by atoms with Crippen molar-refractivity contribution in [2.75, 3.05) is 7.11 Å². The number of fused-ring (bicyclic) bond motifs is 1. The number of ether oxygens (including phenoxy) is 1. The summed E-state index contributed by atoms with van der Waals surface area (Å²) in [5.74, 6) is 0.877. The minimum absolute atomic E-state index is 0.877. The second kappa shape index (κ2) is 2.77. The van der Waals surface area contributed by atoms with Crippen molar-refractivity contribution in [1.82, 2.24) is 10.9 Å². The van der Waals surface area contributed by atoms with E-state index in [-0.39, 0.29) is 0 Å². The van der Waals surface area contributed by atoms with Crippen molar-refractivity contribution in [3.05, 3.63) is 28.6 Å². The average molecular weight is 162 g/mol. The van der Waals surface area contributed by atoms with Gasteiger partial charge in [-0.1, -0.05) is 0 Å². The fourth-order valence-electron chi connectivity index (χ4n) is 1.18. The molecule has 1 aromatic rings. The van der Waals surface area contributed by atoms with Gasteiger partial charge in [-0.3, -0.25) is 0 Å². The van der Waals surface area contributed by atoms with E-state index in [2.05, 4.69) is 10.9 Å². The molecular weight excluding hydrogens is 152 g/mol. The first-order valence-corrected chi connectivity index (χ1v) is 3.76. The number of hydrazine groups is 1. The zero-order valence-corrected chi connectivity index (χ0v) is 6.79. The Bertz CT molecular complexity index is 397. The minimum Gasteiger partial charge on any atom is -0.497 e. The molecule has 62 valence electrons. The van der Waals surface area contributed by atoms with E-state index in [1.54, 1.807) is 7.11 Å². The molecule has 12 heavy (non-hydrogen) atoms. The monoisotopic (exact) mass is 162 g/mol. The van der Waals surface area contributed by atoms with Crippen LogP contribution >= 0.6 is 0 Å². The molecule has 2 rings (SSSR count). The van der Waals surface area contributed by atoms with Gasteiger partial charge in [0.05, 0.1) is 7.11 Å². The highest BCUT2D eigenvalue weighted by Gasteiger charge is 1.93. The molecule has 0 saturated carbocycles. The van der Waals surface area contributed by atoms with Crippen molar-refractivity contribution in [3.63, 3.8) is 0 Å². The Morgan fingerprint density at radius 1 is 1.08 bits per heavy atom. The molecule has 3 heteroatoms. The molecule has 0 radical (unpaired) electrons. The Labute approximate surface area is 70.3 Å². The molecule has 0 bridgehead atoms. The van der Waals surface area contributed by atoms with Gasteiger partial charge in [0.15, 0.2) is 0 Å². The lowest BCUT2D eigenvalue weighted by molar-refractivity contribution is 0.414. The largest absolute Gasteiger partial charge is 0.497 e. The lowest BCUT2D eigenvalue weighted by atomic mass is 10.2. The van der Waals surface area contributed by atoms with Gasteiger partial charge in [-0.15, -0.1) is 0 Å². The summed E-state index contributed by atoms with van der Waals surface area (Å²) in [4.78, 5) is 0. The molecule has 0 atom stereocenters. The molecule has 0 spiro atoms. The van der Waals surface area contributed by atoms with Crippen LogP contribution in [0, 0.1) is 0 Å². The normalized spacial score (nSPS) is 12.8. The zero-order valence-electron chi connectivity index (χ0n) is 6.79. The molecule has 2 N–H and O–H groups in total. The van der Waals surface area contributed by atoms with E-state index in [1.807, 2.05) is 30.6 Å². The molecule has 0 aliphatic carbocycles. The topological polar surface area (TPSA) is 33.3 Å². The molecule has 1 aliphatic heterocycles. The number of benzene rings is 1. The number of hydrogen-bond donors (Lipinski definition) is 2. The zero-order chi connectivity index (χ0) is 8.39. The molecule has 1 aliphatic rings. The Morgan fingerprint density at radius 2 is 1.83 bits per heavy atom. The summed E-state index contributed by atoms with van der Waals surface area (Å²) in [6.07, 6.45) is 3.81. The predicted molar refractivity (Wildman–Crippen MR) is 47.4 cm³/mol. The van der Waals surface area contributed by atoms with Crippen LogP contribution in [0.4, 0.5) is 0 Å². The van der Waals surface area contributed by atoms with E-state index >= 15 is 0 Å². The third-order valence-corrected chi connectivity index (χ3v) is 1.83. The van der Waals surface area contributed by atoms with Gasteiger partial charge in [0.1, 0.15) is 5.75 Å². The highest BCUT2D eigenvalue weighted by atomic mass is 16.5. The molecular formula is C9H10N2O. The maximum Gasteiger partial charge on any atom is 0.119 e. The van der Waals surface area contributed by atoms with E-state index in [0.717, 1.165) is 16.2 Å². The van der Waals surface area contributed by atoms with Crippen molar-refractivity contribution >= 4 is 12.4 Å². The Hall–Kier alpha value is -1.64. The van der Waals surface area contributed by atoms with Crippen molar-refractivity contribution in [2.24, 2.45) is 0 Å². The highest BCUT2D eigenvalue weighted by Crippen LogP contribution is 2.01. The van der Waals surface area contributed by atoms with Crippen LogP contribution in [0.25, 0.3) is 12.4 Å². The van der Waals surface area contributed by atoms with Crippen LogP contribution in [-0.2, 0) is 0 Å². The molecule has 0 fully saturated rings. The van der Waals surface area contributed by atoms with Crippen molar-refractivity contribution in [3.8, 4) is 5.75 Å². The van der Waals surface area contributed by atoms with Crippen LogP contribution in [-0.4, -0.2) is 7.11 Å². The average Bonchev–Trinajstić information content (AvgIpc) is 2.17. The van der Waals surface area contributed by atoms with Gasteiger partial charge in [-0.25, -0.2) is 0 Å². The van der Waals surface area contributed by atoms with Gasteiger partial charge in [0, 0.05) is 22.8 Å². The molecule has 1 aromatic carbocycles. The third kappa shape index (κ3) is 1.09. The molecule has 0 unspecified atom stereocenters. The van der Waals surface area contributed by atoms with E-state index in [4.69, 9.17) is 4.74 Å². The first-order chi connectivity index (χ1) is 5.90. The van der Waals surface area contributed by atoms with Gasteiger partial charge in [-0.2, -0.15) is 0 Å². The Kier molecular flexibility index (Phi) is 1.63. The fourth-order valence-corrected chi connectivity index (χ4v) is 1.18. The van der Waals surface area contributed by atoms with Crippen molar-refractivity contribution in [2.45, 2.75) is 0 Å². The first-order valence-electron chi connectivity index (χ1n) is 3.76. The van der Waals surface area contributed by atoms with Gasteiger partial charge < -0.3 is 15.6 Å². The van der Waals surface area contributed by atoms with Crippen molar-refractivity contribution < 1.29 is 4.74 Å². The smallest absolute Gasteiger partial charge is 0.119 e. The molecule has 1 heterocycles.